The van der Waals surface area contributed by atoms with Gasteiger partial charge in [0.05, 0.1) is 13.2 Å². The minimum absolute atomic E-state index is 0.293. The van der Waals surface area contributed by atoms with Crippen molar-refractivity contribution in [3.05, 3.63) is 11.6 Å². The Balaban J connectivity index is 3.82. The van der Waals surface area contributed by atoms with Crippen molar-refractivity contribution in [1.29, 1.82) is 0 Å². The van der Waals surface area contributed by atoms with Gasteiger partial charge >= 0.3 is 11.9 Å². The molecular weight excluding hydrogens is 340 g/mol. The Morgan fingerprint density at radius 3 is 1.74 bits per heavy atom. The summed E-state index contributed by atoms with van der Waals surface area (Å²) in [4.78, 5) is 23.8. The fourth-order valence-electron chi connectivity index (χ4n) is 3.17. The molecule has 0 aliphatic carbocycles. The first-order valence-electron chi connectivity index (χ1n) is 10.9. The first-order chi connectivity index (χ1) is 12.9. The van der Waals surface area contributed by atoms with E-state index in [9.17, 15) is 9.59 Å². The molecule has 4 nitrogen and oxygen atoms in total. The highest BCUT2D eigenvalue weighted by Crippen LogP contribution is 2.18. The monoisotopic (exact) mass is 382 g/mol. The number of esters is 2. The van der Waals surface area contributed by atoms with E-state index in [0.29, 0.717) is 19.6 Å². The number of rotatable bonds is 16. The van der Waals surface area contributed by atoms with E-state index >= 15 is 0 Å². The summed E-state index contributed by atoms with van der Waals surface area (Å²) in [6.45, 7) is 10.8. The van der Waals surface area contributed by atoms with Crippen molar-refractivity contribution in [2.24, 2.45) is 11.8 Å². The van der Waals surface area contributed by atoms with Crippen LogP contribution in [0.25, 0.3) is 0 Å². The summed E-state index contributed by atoms with van der Waals surface area (Å²) in [6, 6.07) is 0. The predicted molar refractivity (Wildman–Crippen MR) is 112 cm³/mol. The molecule has 0 aromatic heterocycles. The summed E-state index contributed by atoms with van der Waals surface area (Å²) < 4.78 is 10.0. The average Bonchev–Trinajstić information content (AvgIpc) is 2.60. The maximum absolute atomic E-state index is 11.9. The lowest BCUT2D eigenvalue weighted by molar-refractivity contribution is -0.161. The molecule has 0 unspecified atom stereocenters. The molecule has 158 valence electrons. The topological polar surface area (TPSA) is 52.6 Å². The molecule has 0 aromatic rings. The van der Waals surface area contributed by atoms with Crippen molar-refractivity contribution >= 4 is 11.9 Å². The Bertz CT molecular complexity index is 406. The normalized spacial score (nSPS) is 11.9. The van der Waals surface area contributed by atoms with Crippen LogP contribution in [0.4, 0.5) is 0 Å². The summed E-state index contributed by atoms with van der Waals surface area (Å²) in [6.07, 6.45) is 13.5. The molecule has 0 rings (SSSR count). The maximum atomic E-state index is 11.9. The number of carbonyl (C=O) groups is 2. The van der Waals surface area contributed by atoms with Crippen LogP contribution in [0.5, 0.6) is 0 Å². The van der Waals surface area contributed by atoms with Crippen LogP contribution in [-0.4, -0.2) is 25.2 Å². The van der Waals surface area contributed by atoms with Gasteiger partial charge in [0.2, 0.25) is 0 Å². The van der Waals surface area contributed by atoms with Gasteiger partial charge in [-0.2, -0.15) is 0 Å². The minimum Gasteiger partial charge on any atom is -0.465 e. The molecule has 0 spiro atoms. The van der Waals surface area contributed by atoms with E-state index in [0.717, 1.165) is 25.2 Å². The lowest BCUT2D eigenvalue weighted by Gasteiger charge is -2.14. The van der Waals surface area contributed by atoms with Crippen LogP contribution < -0.4 is 0 Å². The second-order valence-corrected chi connectivity index (χ2v) is 7.72. The van der Waals surface area contributed by atoms with E-state index in [1.54, 1.807) is 13.8 Å². The molecule has 0 bridgehead atoms. The highest BCUT2D eigenvalue weighted by Gasteiger charge is 2.28. The van der Waals surface area contributed by atoms with Gasteiger partial charge in [-0.1, -0.05) is 63.5 Å². The zero-order chi connectivity index (χ0) is 20.5. The zero-order valence-corrected chi connectivity index (χ0v) is 18.4. The van der Waals surface area contributed by atoms with E-state index in [1.807, 2.05) is 0 Å². The number of unbranched alkanes of at least 4 members (excludes halogenated alkanes) is 5. The second-order valence-electron chi connectivity index (χ2n) is 7.72. The third-order valence-corrected chi connectivity index (χ3v) is 4.79. The molecule has 27 heavy (non-hydrogen) atoms. The lowest BCUT2D eigenvalue weighted by Crippen LogP contribution is -2.28. The molecule has 0 aliphatic heterocycles. The fourth-order valence-corrected chi connectivity index (χ4v) is 3.17. The molecule has 0 saturated heterocycles. The molecule has 0 aromatic carbocycles. The SMILES string of the molecule is CCOC(=O)C(CCCCCCCC[C@@H](C)CCC=C(C)C)C(=O)OCC. The maximum Gasteiger partial charge on any atom is 0.320 e. The quantitative estimate of drug-likeness (QED) is 0.137. The van der Waals surface area contributed by atoms with Crippen LogP contribution in [0.3, 0.4) is 0 Å². The van der Waals surface area contributed by atoms with E-state index < -0.39 is 17.9 Å². The van der Waals surface area contributed by atoms with Crippen LogP contribution in [-0.2, 0) is 19.1 Å². The number of carbonyl (C=O) groups excluding carboxylic acids is 2. The molecule has 0 fully saturated rings. The van der Waals surface area contributed by atoms with Gasteiger partial charge in [-0.05, 0) is 52.9 Å². The number of ether oxygens (including phenoxy) is 2. The zero-order valence-electron chi connectivity index (χ0n) is 18.4. The van der Waals surface area contributed by atoms with Gasteiger partial charge in [0.15, 0.2) is 5.92 Å². The Morgan fingerprint density at radius 2 is 1.26 bits per heavy atom. The standard InChI is InChI=1S/C23H42O4/c1-6-26-22(24)21(23(25)27-7-2)18-13-11-9-8-10-12-16-20(5)17-14-15-19(3)4/h15,20-21H,6-14,16-18H2,1-5H3/t20-/m1/s1. The summed E-state index contributed by atoms with van der Waals surface area (Å²) in [7, 11) is 0. The van der Waals surface area contributed by atoms with Crippen molar-refractivity contribution in [2.75, 3.05) is 13.2 Å². The minimum atomic E-state index is -0.758. The van der Waals surface area contributed by atoms with Crippen LogP contribution in [0.15, 0.2) is 11.6 Å². The highest BCUT2D eigenvalue weighted by molar-refractivity contribution is 5.94. The summed E-state index contributed by atoms with van der Waals surface area (Å²) in [5, 5.41) is 0. The van der Waals surface area contributed by atoms with Crippen molar-refractivity contribution in [2.45, 2.75) is 98.8 Å². The van der Waals surface area contributed by atoms with Crippen LogP contribution >= 0.6 is 0 Å². The lowest BCUT2D eigenvalue weighted by atomic mass is 9.96. The summed E-state index contributed by atoms with van der Waals surface area (Å²) >= 11 is 0. The van der Waals surface area contributed by atoms with Crippen LogP contribution in [0.1, 0.15) is 98.8 Å². The molecule has 0 radical (unpaired) electrons. The summed E-state index contributed by atoms with van der Waals surface area (Å²) in [5.74, 6) is -0.849. The van der Waals surface area contributed by atoms with Crippen LogP contribution in [0.2, 0.25) is 0 Å². The first-order valence-corrected chi connectivity index (χ1v) is 10.9. The highest BCUT2D eigenvalue weighted by atomic mass is 16.6. The largest absolute Gasteiger partial charge is 0.465 e. The van der Waals surface area contributed by atoms with Gasteiger partial charge < -0.3 is 9.47 Å². The van der Waals surface area contributed by atoms with Crippen molar-refractivity contribution in [1.82, 2.24) is 0 Å². The van der Waals surface area contributed by atoms with Crippen molar-refractivity contribution < 1.29 is 19.1 Å². The molecule has 0 amide bonds. The first kappa shape index (κ1) is 25.7. The molecule has 4 heteroatoms. The third-order valence-electron chi connectivity index (χ3n) is 4.79. The van der Waals surface area contributed by atoms with E-state index in [2.05, 4.69) is 26.8 Å². The van der Waals surface area contributed by atoms with Gasteiger partial charge in [0.1, 0.15) is 0 Å². The fraction of sp³-hybridized carbons (Fsp3) is 0.826. The van der Waals surface area contributed by atoms with Gasteiger partial charge in [-0.15, -0.1) is 0 Å². The second kappa shape index (κ2) is 16.8. The Hall–Kier alpha value is -1.32. The summed E-state index contributed by atoms with van der Waals surface area (Å²) in [5.41, 5.74) is 1.41. The molecule has 0 N–H and O–H groups in total. The van der Waals surface area contributed by atoms with E-state index in [4.69, 9.17) is 9.47 Å². The molecule has 0 saturated carbocycles. The van der Waals surface area contributed by atoms with Gasteiger partial charge in [-0.25, -0.2) is 0 Å². The average molecular weight is 383 g/mol. The Morgan fingerprint density at radius 1 is 0.778 bits per heavy atom. The smallest absolute Gasteiger partial charge is 0.320 e. The van der Waals surface area contributed by atoms with Crippen molar-refractivity contribution in [3.8, 4) is 0 Å². The van der Waals surface area contributed by atoms with E-state index in [1.165, 1.54) is 44.1 Å². The van der Waals surface area contributed by atoms with Crippen LogP contribution in [0, 0.1) is 11.8 Å². The van der Waals surface area contributed by atoms with E-state index in [-0.39, 0.29) is 0 Å². The number of allylic oxidation sites excluding steroid dienone is 2. The molecule has 0 heterocycles. The number of hydrogen-bond acceptors (Lipinski definition) is 4. The predicted octanol–water partition coefficient (Wildman–Crippen LogP) is 6.23. The third kappa shape index (κ3) is 14.4. The molecular formula is C23H42O4. The van der Waals surface area contributed by atoms with Gasteiger partial charge in [-0.3, -0.25) is 9.59 Å². The number of hydrogen-bond donors (Lipinski definition) is 0. The Kier molecular flexibility index (Phi) is 16.0. The molecule has 1 atom stereocenters. The van der Waals surface area contributed by atoms with Crippen molar-refractivity contribution in [3.63, 3.8) is 0 Å². The Labute approximate surface area is 167 Å². The molecule has 0 aliphatic rings. The van der Waals surface area contributed by atoms with Gasteiger partial charge in [0.25, 0.3) is 0 Å². The van der Waals surface area contributed by atoms with Gasteiger partial charge in [0, 0.05) is 0 Å².